The number of pyridine rings is 1. The fourth-order valence-electron chi connectivity index (χ4n) is 3.62. The molecule has 2 heterocycles. The number of carbonyl (C=O) groups excluding carboxylic acids is 1. The van der Waals surface area contributed by atoms with Gasteiger partial charge in [-0.2, -0.15) is 4.73 Å². The fourth-order valence-corrected chi connectivity index (χ4v) is 6.11. The third-order valence-electron chi connectivity index (χ3n) is 4.74. The second kappa shape index (κ2) is 7.31. The average Bonchev–Trinajstić information content (AvgIpc) is 3.17. The standard InChI is InChI=1S/C16H22N2O4S2/c19-15(11-23-16-7-3-4-9-17(16)20)18(13-5-1-2-6-13)14-8-10-24(21,22)12-14/h3-4,7,9,13-14H,1-2,5-6,8,10-12H2/t14-/m1/s1. The first kappa shape index (κ1) is 17.5. The van der Waals surface area contributed by atoms with E-state index >= 15 is 0 Å². The smallest absolute Gasteiger partial charge is 0.251 e. The van der Waals surface area contributed by atoms with Gasteiger partial charge in [0.1, 0.15) is 0 Å². The molecule has 1 aromatic heterocycles. The van der Waals surface area contributed by atoms with Crippen LogP contribution in [0.2, 0.25) is 0 Å². The van der Waals surface area contributed by atoms with Crippen LogP contribution in [0.4, 0.5) is 0 Å². The van der Waals surface area contributed by atoms with Crippen molar-refractivity contribution >= 4 is 27.5 Å². The number of amides is 1. The summed E-state index contributed by atoms with van der Waals surface area (Å²) in [5.41, 5.74) is 0. The van der Waals surface area contributed by atoms with Crippen LogP contribution >= 0.6 is 11.8 Å². The molecular formula is C16H22N2O4S2. The summed E-state index contributed by atoms with van der Waals surface area (Å²) in [6.45, 7) is 0. The van der Waals surface area contributed by atoms with Crippen LogP contribution in [0.15, 0.2) is 29.4 Å². The Morgan fingerprint density at radius 1 is 1.25 bits per heavy atom. The molecule has 8 heteroatoms. The van der Waals surface area contributed by atoms with Crippen molar-refractivity contribution in [2.24, 2.45) is 0 Å². The van der Waals surface area contributed by atoms with Crippen molar-refractivity contribution < 1.29 is 17.9 Å². The summed E-state index contributed by atoms with van der Waals surface area (Å²) in [4.78, 5) is 14.6. The zero-order chi connectivity index (χ0) is 17.2. The predicted octanol–water partition coefficient (Wildman–Crippen LogP) is 1.37. The summed E-state index contributed by atoms with van der Waals surface area (Å²) >= 11 is 1.21. The second-order valence-electron chi connectivity index (χ2n) is 6.45. The van der Waals surface area contributed by atoms with Gasteiger partial charge < -0.3 is 10.1 Å². The summed E-state index contributed by atoms with van der Waals surface area (Å²) in [6.07, 6.45) is 5.99. The fraction of sp³-hybridized carbons (Fsp3) is 0.625. The summed E-state index contributed by atoms with van der Waals surface area (Å²) in [7, 11) is -3.03. The SMILES string of the molecule is O=C(CSc1cccc[n+]1[O-])N(C1CCCC1)[C@@H]1CCS(=O)(=O)C1. The van der Waals surface area contributed by atoms with Gasteiger partial charge in [0.05, 0.1) is 17.3 Å². The Bertz CT molecular complexity index is 702. The van der Waals surface area contributed by atoms with Crippen LogP contribution in [-0.4, -0.2) is 48.6 Å². The molecule has 1 aliphatic heterocycles. The number of rotatable bonds is 5. The Balaban J connectivity index is 1.70. The normalized spacial score (nSPS) is 23.4. The topological polar surface area (TPSA) is 81.4 Å². The maximum atomic E-state index is 12.8. The van der Waals surface area contributed by atoms with E-state index in [0.29, 0.717) is 11.4 Å². The average molecular weight is 370 g/mol. The van der Waals surface area contributed by atoms with Crippen LogP contribution in [-0.2, 0) is 14.6 Å². The van der Waals surface area contributed by atoms with Gasteiger partial charge in [0.2, 0.25) is 5.91 Å². The molecule has 0 radical (unpaired) electrons. The quantitative estimate of drug-likeness (QED) is 0.444. The molecule has 1 saturated carbocycles. The van der Waals surface area contributed by atoms with Crippen molar-refractivity contribution in [1.82, 2.24) is 4.90 Å². The van der Waals surface area contributed by atoms with Crippen molar-refractivity contribution in [1.29, 1.82) is 0 Å². The molecule has 6 nitrogen and oxygen atoms in total. The van der Waals surface area contributed by atoms with Gasteiger partial charge in [0, 0.05) is 24.2 Å². The van der Waals surface area contributed by atoms with E-state index in [1.807, 2.05) is 4.90 Å². The molecule has 1 aliphatic carbocycles. The maximum absolute atomic E-state index is 12.8. The first-order valence-electron chi connectivity index (χ1n) is 8.29. The number of hydrogen-bond donors (Lipinski definition) is 0. The molecule has 132 valence electrons. The summed E-state index contributed by atoms with van der Waals surface area (Å²) in [6, 6.07) is 5.03. The number of thioether (sulfide) groups is 1. The van der Waals surface area contributed by atoms with Crippen LogP contribution < -0.4 is 4.73 Å². The molecule has 1 amide bonds. The number of nitrogens with zero attached hydrogens (tertiary/aromatic N) is 2. The molecular weight excluding hydrogens is 348 g/mol. The zero-order valence-corrected chi connectivity index (χ0v) is 15.1. The molecule has 0 bridgehead atoms. The van der Waals surface area contributed by atoms with Crippen molar-refractivity contribution in [3.63, 3.8) is 0 Å². The number of aromatic nitrogens is 1. The first-order valence-corrected chi connectivity index (χ1v) is 11.1. The van der Waals surface area contributed by atoms with E-state index < -0.39 is 9.84 Å². The molecule has 24 heavy (non-hydrogen) atoms. The first-order chi connectivity index (χ1) is 11.5. The molecule has 1 atom stereocenters. The Labute approximate surface area is 146 Å². The van der Waals surface area contributed by atoms with Gasteiger partial charge >= 0.3 is 0 Å². The van der Waals surface area contributed by atoms with E-state index in [9.17, 15) is 18.4 Å². The van der Waals surface area contributed by atoms with E-state index in [-0.39, 0.29) is 35.2 Å². The van der Waals surface area contributed by atoms with E-state index in [0.717, 1.165) is 30.4 Å². The van der Waals surface area contributed by atoms with Crippen molar-refractivity contribution in [3.05, 3.63) is 29.6 Å². The lowest BCUT2D eigenvalue weighted by Gasteiger charge is -2.34. The molecule has 1 aromatic rings. The van der Waals surface area contributed by atoms with Crippen LogP contribution in [0.25, 0.3) is 0 Å². The zero-order valence-electron chi connectivity index (χ0n) is 13.5. The van der Waals surface area contributed by atoms with Crippen LogP contribution in [0, 0.1) is 5.21 Å². The Kier molecular flexibility index (Phi) is 5.34. The Morgan fingerprint density at radius 3 is 2.62 bits per heavy atom. The molecule has 0 aromatic carbocycles. The Hall–Kier alpha value is -1.28. The van der Waals surface area contributed by atoms with E-state index in [1.54, 1.807) is 18.2 Å². The van der Waals surface area contributed by atoms with Gasteiger partial charge in [-0.05, 0) is 37.1 Å². The number of carbonyl (C=O) groups is 1. The summed E-state index contributed by atoms with van der Waals surface area (Å²) in [5.74, 6) is 0.352. The molecule has 3 rings (SSSR count). The van der Waals surface area contributed by atoms with Gasteiger partial charge in [0.15, 0.2) is 16.0 Å². The minimum Gasteiger partial charge on any atom is -0.618 e. The molecule has 1 saturated heterocycles. The Morgan fingerprint density at radius 2 is 2.00 bits per heavy atom. The van der Waals surface area contributed by atoms with Crippen LogP contribution in [0.1, 0.15) is 32.1 Å². The third kappa shape index (κ3) is 4.03. The maximum Gasteiger partial charge on any atom is 0.251 e. The molecule has 0 spiro atoms. The van der Waals surface area contributed by atoms with Crippen LogP contribution in [0.3, 0.4) is 0 Å². The van der Waals surface area contributed by atoms with Crippen molar-refractivity contribution in [2.45, 2.75) is 49.2 Å². The molecule has 2 aliphatic rings. The summed E-state index contributed by atoms with van der Waals surface area (Å²) < 4.78 is 24.4. The summed E-state index contributed by atoms with van der Waals surface area (Å²) in [5, 5.41) is 12.2. The highest BCUT2D eigenvalue weighted by molar-refractivity contribution is 7.99. The highest BCUT2D eigenvalue weighted by atomic mass is 32.2. The lowest BCUT2D eigenvalue weighted by Crippen LogP contribution is -2.47. The minimum atomic E-state index is -3.03. The number of hydrogen-bond acceptors (Lipinski definition) is 5. The monoisotopic (exact) mass is 370 g/mol. The van der Waals surface area contributed by atoms with Gasteiger partial charge in [-0.3, -0.25) is 4.79 Å². The van der Waals surface area contributed by atoms with E-state index in [2.05, 4.69) is 0 Å². The second-order valence-corrected chi connectivity index (χ2v) is 9.67. The van der Waals surface area contributed by atoms with Crippen molar-refractivity contribution in [2.75, 3.05) is 17.3 Å². The van der Waals surface area contributed by atoms with E-state index in [1.165, 1.54) is 18.0 Å². The largest absolute Gasteiger partial charge is 0.618 e. The molecule has 0 N–H and O–H groups in total. The van der Waals surface area contributed by atoms with Crippen molar-refractivity contribution in [3.8, 4) is 0 Å². The molecule has 0 unspecified atom stereocenters. The highest BCUT2D eigenvalue weighted by Crippen LogP contribution is 2.30. The third-order valence-corrected chi connectivity index (χ3v) is 7.49. The van der Waals surface area contributed by atoms with E-state index in [4.69, 9.17) is 0 Å². The number of sulfone groups is 1. The highest BCUT2D eigenvalue weighted by Gasteiger charge is 2.38. The predicted molar refractivity (Wildman–Crippen MR) is 92.3 cm³/mol. The molecule has 2 fully saturated rings. The van der Waals surface area contributed by atoms with Gasteiger partial charge in [-0.15, -0.1) is 0 Å². The van der Waals surface area contributed by atoms with Crippen LogP contribution in [0.5, 0.6) is 0 Å². The minimum absolute atomic E-state index is 0.0575. The lowest BCUT2D eigenvalue weighted by atomic mass is 10.1. The van der Waals surface area contributed by atoms with Gasteiger partial charge in [-0.1, -0.05) is 12.8 Å². The lowest BCUT2D eigenvalue weighted by molar-refractivity contribution is -0.645. The van der Waals surface area contributed by atoms with Gasteiger partial charge in [0.25, 0.3) is 5.03 Å². The van der Waals surface area contributed by atoms with Gasteiger partial charge in [-0.25, -0.2) is 8.42 Å².